The molecule has 2 aromatic rings. The Morgan fingerprint density at radius 3 is 3.00 bits per heavy atom. The summed E-state index contributed by atoms with van der Waals surface area (Å²) in [5.74, 6) is 0. The van der Waals surface area contributed by atoms with E-state index in [0.29, 0.717) is 13.2 Å². The zero-order valence-corrected chi connectivity index (χ0v) is 10.3. The van der Waals surface area contributed by atoms with E-state index in [1.54, 1.807) is 15.9 Å². The van der Waals surface area contributed by atoms with Gasteiger partial charge in [-0.3, -0.25) is 4.79 Å². The highest BCUT2D eigenvalue weighted by Gasteiger charge is 2.03. The third kappa shape index (κ3) is 2.33. The van der Waals surface area contributed by atoms with Crippen molar-refractivity contribution >= 4 is 21.4 Å². The van der Waals surface area contributed by atoms with Gasteiger partial charge in [-0.1, -0.05) is 0 Å². The van der Waals surface area contributed by atoms with Gasteiger partial charge in [0, 0.05) is 17.4 Å². The number of ether oxygens (including phenoxy) is 1. The van der Waals surface area contributed by atoms with Crippen LogP contribution in [0.15, 0.2) is 28.5 Å². The van der Waals surface area contributed by atoms with Crippen molar-refractivity contribution in [2.24, 2.45) is 0 Å². The van der Waals surface area contributed by atoms with E-state index in [-0.39, 0.29) is 11.7 Å². The molecular formula is C12H15NO2S. The minimum absolute atomic E-state index is 0.0751. The van der Waals surface area contributed by atoms with E-state index in [9.17, 15) is 4.79 Å². The van der Waals surface area contributed by atoms with Crippen molar-refractivity contribution in [3.63, 3.8) is 0 Å². The Labute approximate surface area is 98.3 Å². The van der Waals surface area contributed by atoms with Crippen LogP contribution in [0.3, 0.4) is 0 Å². The highest BCUT2D eigenvalue weighted by Crippen LogP contribution is 2.15. The molecule has 0 aromatic carbocycles. The maximum absolute atomic E-state index is 12.0. The summed E-state index contributed by atoms with van der Waals surface area (Å²) in [6.07, 6.45) is 2.05. The average Bonchev–Trinajstić information content (AvgIpc) is 2.69. The van der Waals surface area contributed by atoms with Crippen LogP contribution in [0.1, 0.15) is 13.8 Å². The molecule has 0 aliphatic rings. The first-order valence-electron chi connectivity index (χ1n) is 5.37. The molecule has 2 heterocycles. The van der Waals surface area contributed by atoms with Gasteiger partial charge in [0.05, 0.1) is 18.1 Å². The minimum atomic E-state index is 0.0751. The third-order valence-corrected chi connectivity index (χ3v) is 3.26. The largest absolute Gasteiger partial charge is 0.377 e. The van der Waals surface area contributed by atoms with Crippen LogP contribution < -0.4 is 5.56 Å². The molecular weight excluding hydrogens is 222 g/mol. The van der Waals surface area contributed by atoms with Gasteiger partial charge in [0.15, 0.2) is 0 Å². The number of pyridine rings is 1. The Balaban J connectivity index is 2.18. The number of aromatic nitrogens is 1. The zero-order valence-electron chi connectivity index (χ0n) is 9.47. The van der Waals surface area contributed by atoms with E-state index in [2.05, 4.69) is 0 Å². The fraction of sp³-hybridized carbons (Fsp3) is 0.417. The molecule has 0 unspecified atom stereocenters. The van der Waals surface area contributed by atoms with E-state index in [1.165, 1.54) is 0 Å². The molecule has 2 rings (SSSR count). The number of hydrogen-bond acceptors (Lipinski definition) is 3. The van der Waals surface area contributed by atoms with Gasteiger partial charge in [0.25, 0.3) is 5.56 Å². The van der Waals surface area contributed by atoms with E-state index < -0.39 is 0 Å². The molecule has 0 aliphatic heterocycles. The molecule has 3 nitrogen and oxygen atoms in total. The van der Waals surface area contributed by atoms with Crippen LogP contribution in [0.25, 0.3) is 10.1 Å². The molecule has 0 aliphatic carbocycles. The second kappa shape index (κ2) is 4.80. The Hall–Kier alpha value is -1.13. The highest BCUT2D eigenvalue weighted by atomic mass is 32.1. The van der Waals surface area contributed by atoms with Crippen LogP contribution in [-0.4, -0.2) is 17.3 Å². The number of fused-ring (bicyclic) bond motifs is 1. The molecule has 0 amide bonds. The summed E-state index contributed by atoms with van der Waals surface area (Å²) in [6.45, 7) is 5.17. The predicted molar refractivity (Wildman–Crippen MR) is 67.2 cm³/mol. The molecule has 86 valence electrons. The van der Waals surface area contributed by atoms with Crippen LogP contribution in [0.2, 0.25) is 0 Å². The van der Waals surface area contributed by atoms with Crippen molar-refractivity contribution in [1.82, 2.24) is 4.57 Å². The van der Waals surface area contributed by atoms with Crippen LogP contribution in [0, 0.1) is 0 Å². The summed E-state index contributed by atoms with van der Waals surface area (Å²) in [7, 11) is 0. The third-order valence-electron chi connectivity index (χ3n) is 2.38. The molecule has 0 spiro atoms. The summed E-state index contributed by atoms with van der Waals surface area (Å²) in [5.41, 5.74) is 0.0751. The van der Waals surface area contributed by atoms with Crippen LogP contribution in [0.5, 0.6) is 0 Å². The number of rotatable bonds is 4. The first kappa shape index (κ1) is 11.4. The van der Waals surface area contributed by atoms with Gasteiger partial charge >= 0.3 is 0 Å². The first-order valence-corrected chi connectivity index (χ1v) is 6.24. The molecule has 0 bridgehead atoms. The molecule has 0 atom stereocenters. The fourth-order valence-corrected chi connectivity index (χ4v) is 2.34. The van der Waals surface area contributed by atoms with Gasteiger partial charge in [0.1, 0.15) is 0 Å². The van der Waals surface area contributed by atoms with E-state index >= 15 is 0 Å². The number of thiophene rings is 1. The highest BCUT2D eigenvalue weighted by molar-refractivity contribution is 7.17. The quantitative estimate of drug-likeness (QED) is 0.818. The molecule has 0 saturated heterocycles. The van der Waals surface area contributed by atoms with Gasteiger partial charge in [-0.15, -0.1) is 11.3 Å². The second-order valence-corrected chi connectivity index (χ2v) is 4.88. The lowest BCUT2D eigenvalue weighted by Crippen LogP contribution is -2.22. The minimum Gasteiger partial charge on any atom is -0.377 e. The van der Waals surface area contributed by atoms with Gasteiger partial charge in [0.2, 0.25) is 0 Å². The average molecular weight is 237 g/mol. The summed E-state index contributed by atoms with van der Waals surface area (Å²) in [5, 5.41) is 2.75. The normalized spacial score (nSPS) is 11.4. The van der Waals surface area contributed by atoms with E-state index in [4.69, 9.17) is 4.74 Å². The van der Waals surface area contributed by atoms with Gasteiger partial charge in [-0.2, -0.15) is 0 Å². The van der Waals surface area contributed by atoms with Crippen molar-refractivity contribution in [1.29, 1.82) is 0 Å². The zero-order chi connectivity index (χ0) is 11.5. The first-order chi connectivity index (χ1) is 7.68. The SMILES string of the molecule is CC(C)OCCn1ccc2sccc2c1=O. The van der Waals surface area contributed by atoms with Crippen LogP contribution in [0.4, 0.5) is 0 Å². The molecule has 0 saturated carbocycles. The van der Waals surface area contributed by atoms with Crippen LogP contribution >= 0.6 is 11.3 Å². The molecule has 0 fully saturated rings. The summed E-state index contributed by atoms with van der Waals surface area (Å²) < 4.78 is 8.19. The summed E-state index contributed by atoms with van der Waals surface area (Å²) in [6, 6.07) is 3.86. The lowest BCUT2D eigenvalue weighted by atomic mass is 10.3. The fourth-order valence-electron chi connectivity index (χ4n) is 1.57. The molecule has 2 aromatic heterocycles. The Morgan fingerprint density at radius 2 is 2.25 bits per heavy atom. The Kier molecular flexibility index (Phi) is 3.41. The molecule has 0 N–H and O–H groups in total. The molecule has 0 radical (unpaired) electrons. The van der Waals surface area contributed by atoms with Crippen molar-refractivity contribution in [2.75, 3.05) is 6.61 Å². The summed E-state index contributed by atoms with van der Waals surface area (Å²) >= 11 is 1.59. The second-order valence-electron chi connectivity index (χ2n) is 3.93. The van der Waals surface area contributed by atoms with Crippen LogP contribution in [-0.2, 0) is 11.3 Å². The van der Waals surface area contributed by atoms with Gasteiger partial charge < -0.3 is 9.30 Å². The molecule has 4 heteroatoms. The topological polar surface area (TPSA) is 31.2 Å². The maximum atomic E-state index is 12.0. The lowest BCUT2D eigenvalue weighted by molar-refractivity contribution is 0.0723. The lowest BCUT2D eigenvalue weighted by Gasteiger charge is -2.09. The van der Waals surface area contributed by atoms with Crippen molar-refractivity contribution in [3.05, 3.63) is 34.1 Å². The van der Waals surface area contributed by atoms with Gasteiger partial charge in [-0.25, -0.2) is 0 Å². The Bertz CT molecular complexity index is 527. The molecule has 16 heavy (non-hydrogen) atoms. The number of hydrogen-bond donors (Lipinski definition) is 0. The number of nitrogens with zero attached hydrogens (tertiary/aromatic N) is 1. The smallest absolute Gasteiger partial charge is 0.259 e. The van der Waals surface area contributed by atoms with Crippen molar-refractivity contribution in [3.8, 4) is 0 Å². The monoisotopic (exact) mass is 237 g/mol. The summed E-state index contributed by atoms with van der Waals surface area (Å²) in [4.78, 5) is 12.0. The van der Waals surface area contributed by atoms with Crippen molar-refractivity contribution < 1.29 is 4.74 Å². The van der Waals surface area contributed by atoms with Crippen molar-refractivity contribution in [2.45, 2.75) is 26.5 Å². The van der Waals surface area contributed by atoms with E-state index in [1.807, 2.05) is 37.6 Å². The van der Waals surface area contributed by atoms with E-state index in [0.717, 1.165) is 10.1 Å². The predicted octanol–water partition coefficient (Wildman–Crippen LogP) is 2.49. The van der Waals surface area contributed by atoms with Gasteiger partial charge in [-0.05, 0) is 31.4 Å². The maximum Gasteiger partial charge on any atom is 0.259 e. The standard InChI is InChI=1S/C12H15NO2S/c1-9(2)15-7-6-13-5-3-11-10(12(13)14)4-8-16-11/h3-5,8-9H,6-7H2,1-2H3. The Morgan fingerprint density at radius 1 is 1.44 bits per heavy atom.